The van der Waals surface area contributed by atoms with Crippen LogP contribution in [0, 0.1) is 30.2 Å². The highest BCUT2D eigenvalue weighted by molar-refractivity contribution is 5.65. The van der Waals surface area contributed by atoms with Crippen molar-refractivity contribution in [3.05, 3.63) is 94.6 Å². The van der Waals surface area contributed by atoms with E-state index in [1.807, 2.05) is 0 Å². The van der Waals surface area contributed by atoms with Crippen LogP contribution in [0.4, 0.5) is 17.6 Å². The number of hydrogen-bond donors (Lipinski definition) is 0. The van der Waals surface area contributed by atoms with E-state index in [1.54, 1.807) is 36.4 Å². The molecule has 0 aromatic heterocycles. The van der Waals surface area contributed by atoms with Gasteiger partial charge in [0.15, 0.2) is 23.3 Å². The topological polar surface area (TPSA) is 0 Å². The highest BCUT2D eigenvalue weighted by atomic mass is 19.2. The number of benzene rings is 3. The van der Waals surface area contributed by atoms with E-state index in [2.05, 4.69) is 0 Å². The van der Waals surface area contributed by atoms with Crippen LogP contribution < -0.4 is 0 Å². The first kappa shape index (κ1) is 17.2. The van der Waals surface area contributed by atoms with Crippen LogP contribution in [-0.2, 0) is 12.8 Å². The quantitative estimate of drug-likeness (QED) is 0.509. The molecule has 4 heteroatoms. The first-order chi connectivity index (χ1) is 12.0. The molecule has 3 aromatic rings. The van der Waals surface area contributed by atoms with Crippen molar-refractivity contribution < 1.29 is 17.6 Å². The molecule has 0 saturated carbocycles. The lowest BCUT2D eigenvalue weighted by atomic mass is 9.99. The zero-order chi connectivity index (χ0) is 18.0. The normalized spacial score (nSPS) is 10.9. The smallest absolute Gasteiger partial charge is 0.166 e. The molecule has 3 aromatic carbocycles. The zero-order valence-corrected chi connectivity index (χ0v) is 13.6. The zero-order valence-electron chi connectivity index (χ0n) is 13.6. The Morgan fingerprint density at radius 1 is 0.680 bits per heavy atom. The fraction of sp³-hybridized carbons (Fsp3) is 0.143. The highest BCUT2D eigenvalue weighted by Gasteiger charge is 2.12. The van der Waals surface area contributed by atoms with E-state index in [0.717, 1.165) is 11.6 Å². The average Bonchev–Trinajstić information content (AvgIpc) is 2.62. The molecule has 0 atom stereocenters. The van der Waals surface area contributed by atoms with E-state index in [4.69, 9.17) is 0 Å². The van der Waals surface area contributed by atoms with Crippen LogP contribution in [0.25, 0.3) is 11.1 Å². The maximum atomic E-state index is 14.0. The Kier molecular flexibility index (Phi) is 4.88. The molecular formula is C21H16F4. The fourth-order valence-corrected chi connectivity index (χ4v) is 2.74. The van der Waals surface area contributed by atoms with Crippen LogP contribution in [0.5, 0.6) is 0 Å². The van der Waals surface area contributed by atoms with E-state index < -0.39 is 23.3 Å². The van der Waals surface area contributed by atoms with Crippen LogP contribution in [0.15, 0.2) is 54.6 Å². The Morgan fingerprint density at radius 3 is 2.12 bits per heavy atom. The second-order valence-corrected chi connectivity index (χ2v) is 5.97. The summed E-state index contributed by atoms with van der Waals surface area (Å²) in [6.07, 6.45) is 0.877. The minimum absolute atomic E-state index is 0.200. The Labute approximate surface area is 143 Å². The van der Waals surface area contributed by atoms with Crippen molar-refractivity contribution in [1.82, 2.24) is 0 Å². The molecule has 0 fully saturated rings. The monoisotopic (exact) mass is 344 g/mol. The van der Waals surface area contributed by atoms with Gasteiger partial charge in [0.1, 0.15) is 0 Å². The SMILES string of the molecule is Cc1ccc(-c2ccc(CCc3cccc(F)c3F)cc2)c(F)c1F. The number of aryl methyl sites for hydroxylation is 3. The maximum absolute atomic E-state index is 14.0. The fourth-order valence-electron chi connectivity index (χ4n) is 2.74. The Balaban J connectivity index is 1.77. The summed E-state index contributed by atoms with van der Waals surface area (Å²) >= 11 is 0. The average molecular weight is 344 g/mol. The third-order valence-electron chi connectivity index (χ3n) is 4.25. The minimum atomic E-state index is -0.866. The molecule has 0 heterocycles. The molecule has 3 rings (SSSR count). The summed E-state index contributed by atoms with van der Waals surface area (Å²) in [5.74, 6) is -3.39. The van der Waals surface area contributed by atoms with Crippen molar-refractivity contribution >= 4 is 0 Å². The van der Waals surface area contributed by atoms with Gasteiger partial charge in [-0.15, -0.1) is 0 Å². The van der Waals surface area contributed by atoms with E-state index >= 15 is 0 Å². The summed E-state index contributed by atoms with van der Waals surface area (Å²) in [6.45, 7) is 1.51. The van der Waals surface area contributed by atoms with Crippen LogP contribution in [0.2, 0.25) is 0 Å². The summed E-state index contributed by atoms with van der Waals surface area (Å²) in [5.41, 5.74) is 2.24. The Hall–Kier alpha value is -2.62. The largest absolute Gasteiger partial charge is 0.204 e. The number of hydrogen-bond acceptors (Lipinski definition) is 0. The molecule has 0 aliphatic carbocycles. The van der Waals surface area contributed by atoms with E-state index in [1.165, 1.54) is 19.1 Å². The van der Waals surface area contributed by atoms with E-state index in [9.17, 15) is 17.6 Å². The predicted molar refractivity (Wildman–Crippen MR) is 90.3 cm³/mol. The first-order valence-corrected chi connectivity index (χ1v) is 7.94. The summed E-state index contributed by atoms with van der Waals surface area (Å²) in [7, 11) is 0. The Bertz CT molecular complexity index is 899. The molecule has 0 radical (unpaired) electrons. The lowest BCUT2D eigenvalue weighted by Crippen LogP contribution is -1.97. The summed E-state index contributed by atoms with van der Waals surface area (Å²) in [4.78, 5) is 0. The van der Waals surface area contributed by atoms with E-state index in [0.29, 0.717) is 24.0 Å². The molecular weight excluding hydrogens is 328 g/mol. The third-order valence-corrected chi connectivity index (χ3v) is 4.25. The summed E-state index contributed by atoms with van der Waals surface area (Å²) in [5, 5.41) is 0. The van der Waals surface area contributed by atoms with Gasteiger partial charge in [-0.1, -0.05) is 48.5 Å². The molecule has 0 amide bonds. The van der Waals surface area contributed by atoms with Crippen LogP contribution in [-0.4, -0.2) is 0 Å². The van der Waals surface area contributed by atoms with Gasteiger partial charge in [-0.05, 0) is 48.1 Å². The second kappa shape index (κ2) is 7.09. The molecule has 0 saturated heterocycles. The molecule has 0 unspecified atom stereocenters. The lowest BCUT2D eigenvalue weighted by Gasteiger charge is -2.08. The third kappa shape index (κ3) is 3.58. The van der Waals surface area contributed by atoms with Crippen molar-refractivity contribution in [2.75, 3.05) is 0 Å². The van der Waals surface area contributed by atoms with Crippen molar-refractivity contribution in [1.29, 1.82) is 0 Å². The van der Waals surface area contributed by atoms with Crippen LogP contribution in [0.1, 0.15) is 16.7 Å². The molecule has 0 nitrogen and oxygen atoms in total. The summed E-state index contributed by atoms with van der Waals surface area (Å²) in [6, 6.07) is 14.2. The van der Waals surface area contributed by atoms with Crippen molar-refractivity contribution in [3.63, 3.8) is 0 Å². The molecule has 0 aliphatic rings. The minimum Gasteiger partial charge on any atom is -0.204 e. The molecule has 128 valence electrons. The van der Waals surface area contributed by atoms with Gasteiger partial charge < -0.3 is 0 Å². The van der Waals surface area contributed by atoms with Gasteiger partial charge in [0.2, 0.25) is 0 Å². The summed E-state index contributed by atoms with van der Waals surface area (Å²) < 4.78 is 54.6. The van der Waals surface area contributed by atoms with E-state index in [-0.39, 0.29) is 11.1 Å². The van der Waals surface area contributed by atoms with Gasteiger partial charge in [0, 0.05) is 5.56 Å². The molecule has 0 aliphatic heterocycles. The van der Waals surface area contributed by atoms with Crippen LogP contribution in [0.3, 0.4) is 0 Å². The van der Waals surface area contributed by atoms with Gasteiger partial charge in [-0.25, -0.2) is 17.6 Å². The number of halogens is 4. The highest BCUT2D eigenvalue weighted by Crippen LogP contribution is 2.26. The van der Waals surface area contributed by atoms with Gasteiger partial charge in [-0.3, -0.25) is 0 Å². The van der Waals surface area contributed by atoms with Gasteiger partial charge in [0.25, 0.3) is 0 Å². The second-order valence-electron chi connectivity index (χ2n) is 5.97. The van der Waals surface area contributed by atoms with Gasteiger partial charge in [0.05, 0.1) is 0 Å². The number of rotatable bonds is 4. The van der Waals surface area contributed by atoms with Crippen molar-refractivity contribution in [3.8, 4) is 11.1 Å². The van der Waals surface area contributed by atoms with Gasteiger partial charge in [-0.2, -0.15) is 0 Å². The molecule has 0 N–H and O–H groups in total. The van der Waals surface area contributed by atoms with Gasteiger partial charge >= 0.3 is 0 Å². The maximum Gasteiger partial charge on any atom is 0.166 e. The van der Waals surface area contributed by atoms with Crippen LogP contribution >= 0.6 is 0 Å². The van der Waals surface area contributed by atoms with Crippen molar-refractivity contribution in [2.45, 2.75) is 19.8 Å². The van der Waals surface area contributed by atoms with Crippen molar-refractivity contribution in [2.24, 2.45) is 0 Å². The molecule has 25 heavy (non-hydrogen) atoms. The first-order valence-electron chi connectivity index (χ1n) is 7.94. The Morgan fingerprint density at radius 2 is 1.40 bits per heavy atom. The standard InChI is InChI=1S/C21H16F4/c1-13-5-12-17(21(25)19(13)23)15-9-6-14(7-10-15)8-11-16-3-2-4-18(22)20(16)24/h2-7,9-10,12H,8,11H2,1H3. The molecule has 0 spiro atoms. The lowest BCUT2D eigenvalue weighted by molar-refractivity contribution is 0.498. The predicted octanol–water partition coefficient (Wildman–Crippen LogP) is 6.00. The molecule has 0 bridgehead atoms.